The highest BCUT2D eigenvalue weighted by Gasteiger charge is 2.53. The summed E-state index contributed by atoms with van der Waals surface area (Å²) in [5.74, 6) is 0.884. The Morgan fingerprint density at radius 2 is 2.00 bits per heavy atom. The van der Waals surface area contributed by atoms with Gasteiger partial charge in [0.15, 0.2) is 5.82 Å². The Bertz CT molecular complexity index is 445. The molecule has 1 amide bonds. The number of hydrogen-bond acceptors (Lipinski definition) is 4. The molecule has 3 heterocycles. The van der Waals surface area contributed by atoms with E-state index in [-0.39, 0.29) is 5.41 Å². The van der Waals surface area contributed by atoms with E-state index in [4.69, 9.17) is 5.11 Å². The van der Waals surface area contributed by atoms with Crippen molar-refractivity contribution < 1.29 is 9.90 Å². The van der Waals surface area contributed by atoms with Crippen molar-refractivity contribution in [2.45, 2.75) is 6.92 Å². The molecule has 0 unspecified atom stereocenters. The molecule has 2 saturated heterocycles. The van der Waals surface area contributed by atoms with Crippen LogP contribution >= 0.6 is 0 Å². The molecule has 6 heteroatoms. The summed E-state index contributed by atoms with van der Waals surface area (Å²) < 4.78 is 0. The minimum Gasteiger partial charge on any atom is -0.465 e. The molecule has 0 saturated carbocycles. The smallest absolute Gasteiger partial charge is 0.407 e. The highest BCUT2D eigenvalue weighted by molar-refractivity contribution is 5.67. The number of anilines is 1. The minimum absolute atomic E-state index is 0.172. The van der Waals surface area contributed by atoms with Crippen molar-refractivity contribution in [3.8, 4) is 0 Å². The Morgan fingerprint density at radius 1 is 1.29 bits per heavy atom. The fourth-order valence-corrected chi connectivity index (χ4v) is 2.58. The normalized spacial score (nSPS) is 21.0. The maximum Gasteiger partial charge on any atom is 0.407 e. The average molecular weight is 234 g/mol. The molecular formula is C11H14N4O2. The molecule has 0 atom stereocenters. The predicted octanol–water partition coefficient (Wildman–Crippen LogP) is 0.585. The van der Waals surface area contributed by atoms with Crippen LogP contribution in [0.2, 0.25) is 0 Å². The van der Waals surface area contributed by atoms with Crippen LogP contribution in [0.3, 0.4) is 0 Å². The van der Waals surface area contributed by atoms with Gasteiger partial charge < -0.3 is 14.9 Å². The molecule has 17 heavy (non-hydrogen) atoms. The molecule has 2 aliphatic rings. The summed E-state index contributed by atoms with van der Waals surface area (Å²) in [4.78, 5) is 14.3. The van der Waals surface area contributed by atoms with E-state index in [1.807, 2.05) is 19.1 Å². The number of likely N-dealkylation sites (tertiary alicyclic amines) is 1. The summed E-state index contributed by atoms with van der Waals surface area (Å²) in [6.07, 6.45) is -0.816. The first kappa shape index (κ1) is 10.3. The van der Waals surface area contributed by atoms with Gasteiger partial charge in [0.1, 0.15) is 0 Å². The summed E-state index contributed by atoms with van der Waals surface area (Å²) in [6.45, 7) is 4.98. The lowest BCUT2D eigenvalue weighted by atomic mass is 9.73. The van der Waals surface area contributed by atoms with E-state index in [9.17, 15) is 4.79 Å². The lowest BCUT2D eigenvalue weighted by molar-refractivity contribution is -0.00981. The van der Waals surface area contributed by atoms with Gasteiger partial charge in [-0.05, 0) is 19.1 Å². The molecule has 0 radical (unpaired) electrons. The zero-order valence-electron chi connectivity index (χ0n) is 9.63. The van der Waals surface area contributed by atoms with Gasteiger partial charge in [-0.25, -0.2) is 4.79 Å². The summed E-state index contributed by atoms with van der Waals surface area (Å²) in [5, 5.41) is 16.9. The van der Waals surface area contributed by atoms with Crippen molar-refractivity contribution in [1.82, 2.24) is 15.1 Å². The number of aromatic nitrogens is 2. The van der Waals surface area contributed by atoms with Crippen molar-refractivity contribution in [2.75, 3.05) is 31.1 Å². The largest absolute Gasteiger partial charge is 0.465 e. The second kappa shape index (κ2) is 3.32. The third kappa shape index (κ3) is 1.60. The van der Waals surface area contributed by atoms with Gasteiger partial charge in [-0.3, -0.25) is 0 Å². The van der Waals surface area contributed by atoms with Gasteiger partial charge >= 0.3 is 6.09 Å². The van der Waals surface area contributed by atoms with Gasteiger partial charge in [-0.2, -0.15) is 5.10 Å². The van der Waals surface area contributed by atoms with Crippen molar-refractivity contribution in [2.24, 2.45) is 5.41 Å². The highest BCUT2D eigenvalue weighted by atomic mass is 16.4. The van der Waals surface area contributed by atoms with Crippen LogP contribution in [0, 0.1) is 12.3 Å². The summed E-state index contributed by atoms with van der Waals surface area (Å²) in [7, 11) is 0. The Kier molecular flexibility index (Phi) is 2.01. The third-order valence-electron chi connectivity index (χ3n) is 3.48. The average Bonchev–Trinajstić information content (AvgIpc) is 2.15. The second-order valence-corrected chi connectivity index (χ2v) is 5.03. The maximum absolute atomic E-state index is 10.7. The van der Waals surface area contributed by atoms with E-state index < -0.39 is 6.09 Å². The molecule has 0 aliphatic carbocycles. The van der Waals surface area contributed by atoms with Crippen LogP contribution in [0.15, 0.2) is 12.1 Å². The quantitative estimate of drug-likeness (QED) is 0.770. The Balaban J connectivity index is 1.59. The summed E-state index contributed by atoms with van der Waals surface area (Å²) >= 11 is 0. The van der Waals surface area contributed by atoms with Crippen LogP contribution in [-0.4, -0.2) is 52.5 Å². The standard InChI is InChI=1S/C11H14N4O2/c1-8-2-3-9(13-12-8)14-4-11(5-14)6-15(7-11)10(16)17/h2-3H,4-7H2,1H3,(H,16,17). The van der Waals surface area contributed by atoms with E-state index in [2.05, 4.69) is 15.1 Å². The molecule has 2 aliphatic heterocycles. The molecule has 1 aromatic rings. The monoisotopic (exact) mass is 234 g/mol. The molecule has 0 bridgehead atoms. The Labute approximate surface area is 98.9 Å². The fourth-order valence-electron chi connectivity index (χ4n) is 2.58. The van der Waals surface area contributed by atoms with Crippen molar-refractivity contribution >= 4 is 11.9 Å². The van der Waals surface area contributed by atoms with Gasteiger partial charge in [0.25, 0.3) is 0 Å². The molecule has 90 valence electrons. The van der Waals surface area contributed by atoms with E-state index in [0.29, 0.717) is 13.1 Å². The zero-order chi connectivity index (χ0) is 12.0. The van der Waals surface area contributed by atoms with Crippen LogP contribution in [-0.2, 0) is 0 Å². The van der Waals surface area contributed by atoms with Crippen LogP contribution < -0.4 is 4.90 Å². The van der Waals surface area contributed by atoms with Crippen LogP contribution in [0.4, 0.5) is 10.6 Å². The fraction of sp³-hybridized carbons (Fsp3) is 0.545. The number of carboxylic acid groups (broad SMARTS) is 1. The van der Waals surface area contributed by atoms with E-state index in [1.54, 1.807) is 0 Å². The molecular weight excluding hydrogens is 220 g/mol. The minimum atomic E-state index is -0.816. The van der Waals surface area contributed by atoms with Gasteiger partial charge in [0.2, 0.25) is 0 Å². The highest BCUT2D eigenvalue weighted by Crippen LogP contribution is 2.41. The lowest BCUT2D eigenvalue weighted by Gasteiger charge is -2.59. The number of aryl methyl sites for hydroxylation is 1. The Morgan fingerprint density at radius 3 is 2.53 bits per heavy atom. The van der Waals surface area contributed by atoms with Crippen molar-refractivity contribution in [1.29, 1.82) is 0 Å². The predicted molar refractivity (Wildman–Crippen MR) is 61.0 cm³/mol. The first-order chi connectivity index (χ1) is 8.08. The summed E-state index contributed by atoms with van der Waals surface area (Å²) in [6, 6.07) is 3.90. The van der Waals surface area contributed by atoms with Crippen LogP contribution in [0.25, 0.3) is 0 Å². The van der Waals surface area contributed by atoms with Gasteiger partial charge in [0, 0.05) is 31.6 Å². The number of hydrogen-bond donors (Lipinski definition) is 1. The topological polar surface area (TPSA) is 69.6 Å². The third-order valence-corrected chi connectivity index (χ3v) is 3.48. The number of nitrogens with zero attached hydrogens (tertiary/aromatic N) is 4. The zero-order valence-corrected chi connectivity index (χ0v) is 9.63. The second-order valence-electron chi connectivity index (χ2n) is 5.03. The number of carbonyl (C=O) groups is 1. The van der Waals surface area contributed by atoms with E-state index in [1.165, 1.54) is 4.90 Å². The molecule has 1 spiro atoms. The van der Waals surface area contributed by atoms with E-state index >= 15 is 0 Å². The molecule has 2 fully saturated rings. The number of amides is 1. The van der Waals surface area contributed by atoms with Gasteiger partial charge in [0.05, 0.1) is 5.69 Å². The van der Waals surface area contributed by atoms with Crippen LogP contribution in [0.5, 0.6) is 0 Å². The van der Waals surface area contributed by atoms with Gasteiger partial charge in [-0.15, -0.1) is 5.10 Å². The van der Waals surface area contributed by atoms with Gasteiger partial charge in [-0.1, -0.05) is 0 Å². The molecule has 1 N–H and O–H groups in total. The SMILES string of the molecule is Cc1ccc(N2CC3(CN(C(=O)O)C3)C2)nn1. The summed E-state index contributed by atoms with van der Waals surface area (Å²) in [5.41, 5.74) is 1.08. The van der Waals surface area contributed by atoms with Crippen LogP contribution in [0.1, 0.15) is 5.69 Å². The maximum atomic E-state index is 10.7. The van der Waals surface area contributed by atoms with Crippen molar-refractivity contribution in [3.63, 3.8) is 0 Å². The van der Waals surface area contributed by atoms with E-state index in [0.717, 1.165) is 24.6 Å². The first-order valence-corrected chi connectivity index (χ1v) is 5.61. The molecule has 3 rings (SSSR count). The van der Waals surface area contributed by atoms with Crippen molar-refractivity contribution in [3.05, 3.63) is 17.8 Å². The lowest BCUT2D eigenvalue weighted by Crippen LogP contribution is -2.73. The molecule has 0 aromatic carbocycles. The molecule has 6 nitrogen and oxygen atoms in total. The Hall–Kier alpha value is -1.85. The molecule has 1 aromatic heterocycles. The first-order valence-electron chi connectivity index (χ1n) is 5.61. The number of rotatable bonds is 1.